The van der Waals surface area contributed by atoms with Crippen molar-refractivity contribution < 1.29 is 19.4 Å². The number of aliphatic carboxylic acids is 1. The number of hydrogen-bond donors (Lipinski definition) is 1. The molecule has 1 aromatic heterocycles. The van der Waals surface area contributed by atoms with Gasteiger partial charge < -0.3 is 14.7 Å². The molecule has 1 aliphatic heterocycles. The van der Waals surface area contributed by atoms with E-state index in [-0.39, 0.29) is 18.9 Å². The molecule has 1 atom stereocenters. The standard InChI is InChI=1S/C16H18N4O4/c1-11-6-12(2-3-14(11)20-10-17-9-18-20)16(23)19-4-5-24-8-13(19)7-15(21)22/h2-3,6,9-10,13H,4-5,7-8H2,1H3,(H,21,22). The van der Waals surface area contributed by atoms with Crippen LogP contribution in [0.5, 0.6) is 0 Å². The van der Waals surface area contributed by atoms with Crippen molar-refractivity contribution in [1.29, 1.82) is 0 Å². The summed E-state index contributed by atoms with van der Waals surface area (Å²) in [6.45, 7) is 2.94. The number of morpholine rings is 1. The van der Waals surface area contributed by atoms with Crippen LogP contribution in [0.15, 0.2) is 30.9 Å². The molecule has 1 amide bonds. The average molecular weight is 330 g/mol. The fourth-order valence-electron chi connectivity index (χ4n) is 2.84. The highest BCUT2D eigenvalue weighted by molar-refractivity contribution is 5.95. The van der Waals surface area contributed by atoms with Gasteiger partial charge in [-0.3, -0.25) is 9.59 Å². The first-order chi connectivity index (χ1) is 11.6. The fourth-order valence-corrected chi connectivity index (χ4v) is 2.84. The van der Waals surface area contributed by atoms with E-state index < -0.39 is 12.0 Å². The summed E-state index contributed by atoms with van der Waals surface area (Å²) in [7, 11) is 0. The van der Waals surface area contributed by atoms with Crippen LogP contribution in [0.1, 0.15) is 22.3 Å². The molecular formula is C16H18N4O4. The molecule has 8 nitrogen and oxygen atoms in total. The number of carbonyl (C=O) groups excluding carboxylic acids is 1. The quantitative estimate of drug-likeness (QED) is 0.894. The summed E-state index contributed by atoms with van der Waals surface area (Å²) in [5.74, 6) is -1.13. The molecule has 3 rings (SSSR count). The van der Waals surface area contributed by atoms with Crippen LogP contribution in [0.3, 0.4) is 0 Å². The number of aryl methyl sites for hydroxylation is 1. The number of aromatic nitrogens is 3. The Morgan fingerprint density at radius 3 is 2.92 bits per heavy atom. The molecule has 0 aliphatic carbocycles. The van der Waals surface area contributed by atoms with Crippen LogP contribution in [-0.4, -0.2) is 62.4 Å². The summed E-state index contributed by atoms with van der Waals surface area (Å²) >= 11 is 0. The Labute approximate surface area is 138 Å². The second-order valence-electron chi connectivity index (χ2n) is 5.67. The van der Waals surface area contributed by atoms with Gasteiger partial charge in [-0.05, 0) is 30.7 Å². The van der Waals surface area contributed by atoms with Gasteiger partial charge in [0, 0.05) is 12.1 Å². The van der Waals surface area contributed by atoms with Crippen molar-refractivity contribution in [3.8, 4) is 5.69 Å². The predicted molar refractivity (Wildman–Crippen MR) is 84.0 cm³/mol. The molecule has 1 fully saturated rings. The molecule has 2 heterocycles. The summed E-state index contributed by atoms with van der Waals surface area (Å²) in [5.41, 5.74) is 2.25. The van der Waals surface area contributed by atoms with E-state index in [4.69, 9.17) is 9.84 Å². The highest BCUT2D eigenvalue weighted by atomic mass is 16.5. The van der Waals surface area contributed by atoms with Crippen LogP contribution in [0, 0.1) is 6.92 Å². The molecule has 126 valence electrons. The van der Waals surface area contributed by atoms with Crippen molar-refractivity contribution in [2.75, 3.05) is 19.8 Å². The summed E-state index contributed by atoms with van der Waals surface area (Å²) < 4.78 is 6.95. The highest BCUT2D eigenvalue weighted by Gasteiger charge is 2.30. The van der Waals surface area contributed by atoms with Crippen molar-refractivity contribution in [1.82, 2.24) is 19.7 Å². The number of amides is 1. The maximum atomic E-state index is 12.8. The second-order valence-corrected chi connectivity index (χ2v) is 5.67. The molecule has 0 saturated carbocycles. The molecular weight excluding hydrogens is 312 g/mol. The molecule has 1 unspecified atom stereocenters. The topological polar surface area (TPSA) is 97.6 Å². The van der Waals surface area contributed by atoms with Gasteiger partial charge in [-0.15, -0.1) is 0 Å². The van der Waals surface area contributed by atoms with Gasteiger partial charge in [0.25, 0.3) is 5.91 Å². The van der Waals surface area contributed by atoms with Gasteiger partial charge >= 0.3 is 5.97 Å². The maximum Gasteiger partial charge on any atom is 0.305 e. The number of ether oxygens (including phenoxy) is 1. The Balaban J connectivity index is 1.83. The largest absolute Gasteiger partial charge is 0.481 e. The zero-order valence-electron chi connectivity index (χ0n) is 13.3. The van der Waals surface area contributed by atoms with Crippen molar-refractivity contribution >= 4 is 11.9 Å². The summed E-state index contributed by atoms with van der Waals surface area (Å²) in [4.78, 5) is 29.3. The van der Waals surface area contributed by atoms with E-state index in [9.17, 15) is 9.59 Å². The maximum absolute atomic E-state index is 12.8. The van der Waals surface area contributed by atoms with Crippen LogP contribution in [-0.2, 0) is 9.53 Å². The first kappa shape index (κ1) is 16.1. The Hall–Kier alpha value is -2.74. The van der Waals surface area contributed by atoms with Gasteiger partial charge in [-0.25, -0.2) is 9.67 Å². The first-order valence-electron chi connectivity index (χ1n) is 7.62. The lowest BCUT2D eigenvalue weighted by molar-refractivity contribution is -0.139. The van der Waals surface area contributed by atoms with Crippen LogP contribution in [0.2, 0.25) is 0 Å². The molecule has 0 spiro atoms. The Morgan fingerprint density at radius 2 is 2.25 bits per heavy atom. The highest BCUT2D eigenvalue weighted by Crippen LogP contribution is 2.19. The third-order valence-electron chi connectivity index (χ3n) is 4.01. The lowest BCUT2D eigenvalue weighted by Gasteiger charge is -2.35. The van der Waals surface area contributed by atoms with E-state index in [1.807, 2.05) is 13.0 Å². The molecule has 24 heavy (non-hydrogen) atoms. The summed E-state index contributed by atoms with van der Waals surface area (Å²) in [6, 6.07) is 4.87. The van der Waals surface area contributed by atoms with Crippen LogP contribution < -0.4 is 0 Å². The van der Waals surface area contributed by atoms with Crippen LogP contribution in [0.4, 0.5) is 0 Å². The van der Waals surface area contributed by atoms with E-state index in [2.05, 4.69) is 10.1 Å². The summed E-state index contributed by atoms with van der Waals surface area (Å²) in [5, 5.41) is 13.1. The van der Waals surface area contributed by atoms with Gasteiger partial charge in [0.05, 0.1) is 31.4 Å². The zero-order valence-corrected chi connectivity index (χ0v) is 13.3. The Bertz CT molecular complexity index is 745. The smallest absolute Gasteiger partial charge is 0.305 e. The normalized spacial score (nSPS) is 17.7. The number of carboxylic acid groups (broad SMARTS) is 1. The zero-order chi connectivity index (χ0) is 17.1. The van der Waals surface area contributed by atoms with Crippen LogP contribution in [0.25, 0.3) is 5.69 Å². The van der Waals surface area contributed by atoms with Gasteiger partial charge in [0.1, 0.15) is 12.7 Å². The number of hydrogen-bond acceptors (Lipinski definition) is 5. The van der Waals surface area contributed by atoms with E-state index in [1.54, 1.807) is 28.0 Å². The Morgan fingerprint density at radius 1 is 1.42 bits per heavy atom. The average Bonchev–Trinajstić information content (AvgIpc) is 3.08. The predicted octanol–water partition coefficient (Wildman–Crippen LogP) is 0.891. The number of rotatable bonds is 4. The third-order valence-corrected chi connectivity index (χ3v) is 4.01. The van der Waals surface area contributed by atoms with Crippen molar-refractivity contribution in [3.63, 3.8) is 0 Å². The molecule has 1 aliphatic rings. The molecule has 0 bridgehead atoms. The van der Waals surface area contributed by atoms with E-state index in [0.29, 0.717) is 18.7 Å². The van der Waals surface area contributed by atoms with E-state index in [0.717, 1.165) is 11.3 Å². The molecule has 1 aromatic carbocycles. The number of benzene rings is 1. The third kappa shape index (κ3) is 3.28. The molecule has 1 N–H and O–H groups in total. The van der Waals surface area contributed by atoms with Crippen molar-refractivity contribution in [2.24, 2.45) is 0 Å². The van der Waals surface area contributed by atoms with E-state index >= 15 is 0 Å². The second kappa shape index (κ2) is 6.79. The van der Waals surface area contributed by atoms with Gasteiger partial charge in [0.2, 0.25) is 0 Å². The van der Waals surface area contributed by atoms with Gasteiger partial charge in [-0.1, -0.05) is 0 Å². The van der Waals surface area contributed by atoms with Gasteiger partial charge in [0.15, 0.2) is 0 Å². The number of carbonyl (C=O) groups is 2. The van der Waals surface area contributed by atoms with Crippen LogP contribution >= 0.6 is 0 Å². The number of nitrogens with zero attached hydrogens (tertiary/aromatic N) is 4. The SMILES string of the molecule is Cc1cc(C(=O)N2CCOCC2CC(=O)O)ccc1-n1cncn1. The lowest BCUT2D eigenvalue weighted by Crippen LogP contribution is -2.49. The summed E-state index contributed by atoms with van der Waals surface area (Å²) in [6.07, 6.45) is 2.92. The fraction of sp³-hybridized carbons (Fsp3) is 0.375. The minimum absolute atomic E-state index is 0.123. The Kier molecular flexibility index (Phi) is 4.57. The minimum Gasteiger partial charge on any atom is -0.481 e. The molecule has 0 radical (unpaired) electrons. The van der Waals surface area contributed by atoms with Crippen molar-refractivity contribution in [2.45, 2.75) is 19.4 Å². The first-order valence-corrected chi connectivity index (χ1v) is 7.62. The molecule has 2 aromatic rings. The molecule has 8 heteroatoms. The van der Waals surface area contributed by atoms with Gasteiger partial charge in [-0.2, -0.15) is 5.10 Å². The van der Waals surface area contributed by atoms with E-state index in [1.165, 1.54) is 6.33 Å². The van der Waals surface area contributed by atoms with Crippen molar-refractivity contribution in [3.05, 3.63) is 42.0 Å². The number of carboxylic acids is 1. The monoisotopic (exact) mass is 330 g/mol. The lowest BCUT2D eigenvalue weighted by atomic mass is 10.1. The molecule has 1 saturated heterocycles. The minimum atomic E-state index is -0.944.